The molecule has 0 saturated heterocycles. The molecule has 1 aliphatic rings. The lowest BCUT2D eigenvalue weighted by Crippen LogP contribution is -2.40. The zero-order valence-electron chi connectivity index (χ0n) is 13.6. The van der Waals surface area contributed by atoms with Gasteiger partial charge < -0.3 is 10.6 Å². The molecule has 0 unspecified atom stereocenters. The van der Waals surface area contributed by atoms with E-state index in [1.54, 1.807) is 0 Å². The molecule has 0 bridgehead atoms. The predicted molar refractivity (Wildman–Crippen MR) is 93.6 cm³/mol. The number of benzene rings is 2. The lowest BCUT2D eigenvalue weighted by atomic mass is 9.92. The first kappa shape index (κ1) is 15.6. The first-order valence-corrected chi connectivity index (χ1v) is 8.31. The first-order chi connectivity index (χ1) is 11.2. The van der Waals surface area contributed by atoms with E-state index in [0.29, 0.717) is 6.54 Å². The summed E-state index contributed by atoms with van der Waals surface area (Å²) in [6, 6.07) is 18.6. The molecule has 3 heteroatoms. The highest BCUT2D eigenvalue weighted by Crippen LogP contribution is 2.48. The van der Waals surface area contributed by atoms with Crippen LogP contribution >= 0.6 is 0 Å². The van der Waals surface area contributed by atoms with Gasteiger partial charge in [-0.05, 0) is 42.9 Å². The fourth-order valence-electron chi connectivity index (χ4n) is 3.14. The molecule has 0 atom stereocenters. The van der Waals surface area contributed by atoms with E-state index >= 15 is 0 Å². The van der Waals surface area contributed by atoms with Gasteiger partial charge in [-0.2, -0.15) is 0 Å². The van der Waals surface area contributed by atoms with Crippen LogP contribution in [0.25, 0.3) is 0 Å². The Hall–Kier alpha value is -2.29. The van der Waals surface area contributed by atoms with Crippen LogP contribution in [0.15, 0.2) is 54.6 Å². The van der Waals surface area contributed by atoms with Crippen LogP contribution in [-0.4, -0.2) is 19.1 Å². The van der Waals surface area contributed by atoms with E-state index in [2.05, 4.69) is 54.0 Å². The second-order valence-electron chi connectivity index (χ2n) is 6.44. The van der Waals surface area contributed by atoms with Gasteiger partial charge in [-0.25, -0.2) is 4.79 Å². The van der Waals surface area contributed by atoms with Gasteiger partial charge in [0.1, 0.15) is 0 Å². The summed E-state index contributed by atoms with van der Waals surface area (Å²) in [6.07, 6.45) is 3.17. The van der Waals surface area contributed by atoms with Gasteiger partial charge >= 0.3 is 6.03 Å². The van der Waals surface area contributed by atoms with Crippen LogP contribution in [-0.2, 0) is 11.8 Å². The first-order valence-electron chi connectivity index (χ1n) is 8.31. The summed E-state index contributed by atoms with van der Waals surface area (Å²) in [4.78, 5) is 12.0. The van der Waals surface area contributed by atoms with Crippen molar-refractivity contribution >= 4 is 6.03 Å². The Labute approximate surface area is 138 Å². The minimum absolute atomic E-state index is 0.0687. The topological polar surface area (TPSA) is 41.1 Å². The molecule has 23 heavy (non-hydrogen) atoms. The number of carbonyl (C=O) groups is 1. The largest absolute Gasteiger partial charge is 0.338 e. The van der Waals surface area contributed by atoms with Crippen LogP contribution in [0, 0.1) is 6.92 Å². The van der Waals surface area contributed by atoms with Crippen molar-refractivity contribution in [3.05, 3.63) is 71.3 Å². The zero-order chi connectivity index (χ0) is 16.1. The number of aryl methyl sites for hydroxylation is 1. The highest BCUT2D eigenvalue weighted by Gasteiger charge is 2.45. The maximum atomic E-state index is 12.0. The van der Waals surface area contributed by atoms with Crippen LogP contribution in [0.2, 0.25) is 0 Å². The van der Waals surface area contributed by atoms with Crippen LogP contribution in [0.3, 0.4) is 0 Å². The number of nitrogens with one attached hydrogen (secondary N) is 2. The number of hydrogen-bond acceptors (Lipinski definition) is 1. The number of amides is 2. The average Bonchev–Trinajstić information content (AvgIpc) is 3.35. The molecule has 2 aromatic rings. The molecule has 0 aromatic heterocycles. The van der Waals surface area contributed by atoms with E-state index in [0.717, 1.165) is 25.8 Å². The van der Waals surface area contributed by atoms with Crippen molar-refractivity contribution in [2.75, 3.05) is 13.1 Å². The van der Waals surface area contributed by atoms with Crippen LogP contribution in [0.1, 0.15) is 29.5 Å². The van der Waals surface area contributed by atoms with Gasteiger partial charge in [0, 0.05) is 18.5 Å². The van der Waals surface area contributed by atoms with Crippen molar-refractivity contribution in [2.45, 2.75) is 31.6 Å². The summed E-state index contributed by atoms with van der Waals surface area (Å²) in [5.41, 5.74) is 4.09. The third-order valence-electron chi connectivity index (χ3n) is 4.70. The molecule has 0 radical (unpaired) electrons. The molecule has 0 spiro atoms. The molecule has 3 rings (SSSR count). The molecule has 3 nitrogen and oxygen atoms in total. The van der Waals surface area contributed by atoms with Gasteiger partial charge in [-0.3, -0.25) is 0 Å². The molecule has 2 aromatic carbocycles. The Bertz CT molecular complexity index is 662. The summed E-state index contributed by atoms with van der Waals surface area (Å²) >= 11 is 0. The number of carbonyl (C=O) groups excluding carboxylic acids is 1. The van der Waals surface area contributed by atoms with Gasteiger partial charge in [-0.1, -0.05) is 54.6 Å². The summed E-state index contributed by atoms with van der Waals surface area (Å²) in [6.45, 7) is 3.53. The lowest BCUT2D eigenvalue weighted by Gasteiger charge is -2.19. The molecule has 0 aliphatic heterocycles. The Balaban J connectivity index is 1.45. The van der Waals surface area contributed by atoms with E-state index in [9.17, 15) is 4.79 Å². The van der Waals surface area contributed by atoms with Crippen molar-refractivity contribution in [2.24, 2.45) is 0 Å². The monoisotopic (exact) mass is 308 g/mol. The second-order valence-corrected chi connectivity index (χ2v) is 6.44. The Morgan fingerprint density at radius 2 is 1.70 bits per heavy atom. The normalized spacial score (nSPS) is 15.0. The maximum Gasteiger partial charge on any atom is 0.314 e. The number of rotatable bonds is 6. The Morgan fingerprint density at radius 3 is 2.39 bits per heavy atom. The molecule has 2 amide bonds. The minimum atomic E-state index is -0.0687. The zero-order valence-corrected chi connectivity index (χ0v) is 13.6. The Morgan fingerprint density at radius 1 is 1.00 bits per heavy atom. The average molecular weight is 308 g/mol. The van der Waals surface area contributed by atoms with Gasteiger partial charge in [0.05, 0.1) is 0 Å². The van der Waals surface area contributed by atoms with Crippen molar-refractivity contribution in [3.63, 3.8) is 0 Å². The highest BCUT2D eigenvalue weighted by atomic mass is 16.2. The van der Waals surface area contributed by atoms with Gasteiger partial charge in [0.15, 0.2) is 0 Å². The summed E-state index contributed by atoms with van der Waals surface area (Å²) in [5, 5.41) is 5.99. The molecule has 2 N–H and O–H groups in total. The SMILES string of the molecule is Cc1ccccc1C1(CNC(=O)NCCc2ccccc2)CC1. The van der Waals surface area contributed by atoms with Crippen molar-refractivity contribution < 1.29 is 4.79 Å². The van der Waals surface area contributed by atoms with Crippen molar-refractivity contribution in [1.29, 1.82) is 0 Å². The van der Waals surface area contributed by atoms with E-state index in [4.69, 9.17) is 0 Å². The maximum absolute atomic E-state index is 12.0. The molecular formula is C20H24N2O. The second kappa shape index (κ2) is 6.86. The smallest absolute Gasteiger partial charge is 0.314 e. The van der Waals surface area contributed by atoms with Crippen LogP contribution in [0.4, 0.5) is 4.79 Å². The summed E-state index contributed by atoms with van der Waals surface area (Å²) in [5.74, 6) is 0. The van der Waals surface area contributed by atoms with E-state index < -0.39 is 0 Å². The summed E-state index contributed by atoms with van der Waals surface area (Å²) < 4.78 is 0. The number of hydrogen-bond donors (Lipinski definition) is 2. The molecule has 0 heterocycles. The van der Waals surface area contributed by atoms with E-state index in [1.807, 2.05) is 18.2 Å². The van der Waals surface area contributed by atoms with Crippen LogP contribution < -0.4 is 10.6 Å². The molecular weight excluding hydrogens is 284 g/mol. The fourth-order valence-corrected chi connectivity index (χ4v) is 3.14. The molecule has 1 saturated carbocycles. The van der Waals surface area contributed by atoms with Gasteiger partial charge in [0.25, 0.3) is 0 Å². The van der Waals surface area contributed by atoms with Crippen molar-refractivity contribution in [1.82, 2.24) is 10.6 Å². The third kappa shape index (κ3) is 3.92. The molecule has 1 aliphatic carbocycles. The lowest BCUT2D eigenvalue weighted by molar-refractivity contribution is 0.240. The highest BCUT2D eigenvalue weighted by molar-refractivity contribution is 5.74. The fraction of sp³-hybridized carbons (Fsp3) is 0.350. The third-order valence-corrected chi connectivity index (χ3v) is 4.70. The molecule has 120 valence electrons. The predicted octanol–water partition coefficient (Wildman–Crippen LogP) is 3.57. The quantitative estimate of drug-likeness (QED) is 0.841. The summed E-state index contributed by atoms with van der Waals surface area (Å²) in [7, 11) is 0. The standard InChI is InChI=1S/C20H24N2O/c1-16-7-5-6-10-18(16)20(12-13-20)15-22-19(23)21-14-11-17-8-3-2-4-9-17/h2-10H,11-15H2,1H3,(H2,21,22,23). The van der Waals surface area contributed by atoms with Gasteiger partial charge in [-0.15, -0.1) is 0 Å². The van der Waals surface area contributed by atoms with E-state index in [1.165, 1.54) is 16.7 Å². The van der Waals surface area contributed by atoms with E-state index in [-0.39, 0.29) is 11.4 Å². The van der Waals surface area contributed by atoms with Crippen LogP contribution in [0.5, 0.6) is 0 Å². The van der Waals surface area contributed by atoms with Crippen molar-refractivity contribution in [3.8, 4) is 0 Å². The minimum Gasteiger partial charge on any atom is -0.338 e. The Kier molecular flexibility index (Phi) is 4.65. The van der Waals surface area contributed by atoms with Gasteiger partial charge in [0.2, 0.25) is 0 Å². The number of urea groups is 1. The molecule has 1 fully saturated rings.